The van der Waals surface area contributed by atoms with Crippen LogP contribution in [0, 0.1) is 5.82 Å². The minimum atomic E-state index is -1.12. The molecule has 2 aromatic rings. The molecule has 1 heterocycles. The van der Waals surface area contributed by atoms with Crippen LogP contribution in [0.3, 0.4) is 0 Å². The van der Waals surface area contributed by atoms with Crippen LogP contribution in [0.1, 0.15) is 22.2 Å². The van der Waals surface area contributed by atoms with Crippen molar-refractivity contribution >= 4 is 23.0 Å². The molecule has 3 nitrogen and oxygen atoms in total. The lowest BCUT2D eigenvalue weighted by Crippen LogP contribution is -2.31. The van der Waals surface area contributed by atoms with Crippen LogP contribution in [0.4, 0.5) is 10.1 Å². The maximum absolute atomic E-state index is 14.0. The summed E-state index contributed by atoms with van der Waals surface area (Å²) in [6, 6.07) is 8.18. The Morgan fingerprint density at radius 3 is 2.75 bits per heavy atom. The number of carboxylic acids is 1. The van der Waals surface area contributed by atoms with Gasteiger partial charge in [-0.05, 0) is 36.6 Å². The van der Waals surface area contributed by atoms with Gasteiger partial charge in [-0.15, -0.1) is 11.3 Å². The number of halogens is 1. The molecule has 0 amide bonds. The van der Waals surface area contributed by atoms with Gasteiger partial charge in [-0.3, -0.25) is 0 Å². The molecule has 2 rings (SSSR count). The summed E-state index contributed by atoms with van der Waals surface area (Å²) < 4.78 is 14.0. The van der Waals surface area contributed by atoms with Crippen molar-refractivity contribution in [3.05, 3.63) is 52.0 Å². The van der Waals surface area contributed by atoms with E-state index in [0.29, 0.717) is 5.69 Å². The Balaban J connectivity index is 2.16. The zero-order valence-corrected chi connectivity index (χ0v) is 12.2. The van der Waals surface area contributed by atoms with E-state index in [2.05, 4.69) is 6.07 Å². The van der Waals surface area contributed by atoms with E-state index in [0.717, 1.165) is 12.5 Å². The fourth-order valence-electron chi connectivity index (χ4n) is 2.02. The molecule has 0 aliphatic carbocycles. The molecule has 0 spiro atoms. The zero-order valence-electron chi connectivity index (χ0n) is 11.3. The normalized spacial score (nSPS) is 12.2. The van der Waals surface area contributed by atoms with E-state index in [1.807, 2.05) is 30.3 Å². The number of rotatable bonds is 5. The lowest BCUT2D eigenvalue weighted by molar-refractivity contribution is 0.0696. The minimum absolute atomic E-state index is 0.0365. The number of aromatic carboxylic acids is 1. The van der Waals surface area contributed by atoms with Gasteiger partial charge in [0.25, 0.3) is 0 Å². The maximum Gasteiger partial charge on any atom is 0.335 e. The van der Waals surface area contributed by atoms with Crippen molar-refractivity contribution in [2.45, 2.75) is 19.4 Å². The summed E-state index contributed by atoms with van der Waals surface area (Å²) in [6.45, 7) is 2.02. The molecule has 0 bridgehead atoms. The average molecular weight is 293 g/mol. The second kappa shape index (κ2) is 6.05. The minimum Gasteiger partial charge on any atom is -0.478 e. The number of benzene rings is 1. The van der Waals surface area contributed by atoms with Crippen molar-refractivity contribution in [1.82, 2.24) is 0 Å². The second-order valence-corrected chi connectivity index (χ2v) is 5.75. The van der Waals surface area contributed by atoms with Gasteiger partial charge in [0.1, 0.15) is 5.82 Å². The fraction of sp³-hybridized carbons (Fsp3) is 0.267. The van der Waals surface area contributed by atoms with Crippen LogP contribution in [0.5, 0.6) is 0 Å². The Morgan fingerprint density at radius 2 is 2.20 bits per heavy atom. The number of likely N-dealkylation sites (N-methyl/N-ethyl adjacent to an activating group) is 1. The van der Waals surface area contributed by atoms with Crippen LogP contribution in [0.25, 0.3) is 0 Å². The highest BCUT2D eigenvalue weighted by Gasteiger charge is 2.16. The largest absolute Gasteiger partial charge is 0.478 e. The number of nitrogens with zero attached hydrogens (tertiary/aromatic N) is 1. The van der Waals surface area contributed by atoms with Gasteiger partial charge in [0.05, 0.1) is 11.3 Å². The van der Waals surface area contributed by atoms with E-state index >= 15 is 0 Å². The number of thiophene rings is 1. The third-order valence-corrected chi connectivity index (χ3v) is 4.21. The standard InChI is InChI=1S/C15H16FNO2S/c1-10(8-12-4-3-7-20-12)17(2)14-6-5-11(15(18)19)9-13(14)16/h3-7,9-10H,8H2,1-2H3,(H,18,19). The Hall–Kier alpha value is -1.88. The van der Waals surface area contributed by atoms with Crippen LogP contribution in [-0.4, -0.2) is 24.2 Å². The molecular weight excluding hydrogens is 277 g/mol. The molecule has 1 N–H and O–H groups in total. The molecule has 0 saturated carbocycles. The molecule has 0 aliphatic heterocycles. The number of hydrogen-bond acceptors (Lipinski definition) is 3. The molecule has 20 heavy (non-hydrogen) atoms. The highest BCUT2D eigenvalue weighted by Crippen LogP contribution is 2.23. The summed E-state index contributed by atoms with van der Waals surface area (Å²) in [5.41, 5.74) is 0.379. The molecule has 5 heteroatoms. The fourth-order valence-corrected chi connectivity index (χ4v) is 2.85. The third kappa shape index (κ3) is 3.17. The third-order valence-electron chi connectivity index (χ3n) is 3.31. The van der Waals surface area contributed by atoms with Gasteiger partial charge in [0.2, 0.25) is 0 Å². The van der Waals surface area contributed by atoms with Crippen LogP contribution in [0.2, 0.25) is 0 Å². The average Bonchev–Trinajstić information content (AvgIpc) is 2.90. The predicted octanol–water partition coefficient (Wildman–Crippen LogP) is 3.65. The van der Waals surface area contributed by atoms with Crippen LogP contribution in [0.15, 0.2) is 35.7 Å². The van der Waals surface area contributed by atoms with Crippen molar-refractivity contribution in [3.8, 4) is 0 Å². The van der Waals surface area contributed by atoms with E-state index in [1.54, 1.807) is 11.3 Å². The van der Waals surface area contributed by atoms with Gasteiger partial charge in [0.15, 0.2) is 0 Å². The lowest BCUT2D eigenvalue weighted by Gasteiger charge is -2.27. The molecule has 1 aromatic carbocycles. The van der Waals surface area contributed by atoms with Crippen molar-refractivity contribution in [2.24, 2.45) is 0 Å². The van der Waals surface area contributed by atoms with Crippen LogP contribution >= 0.6 is 11.3 Å². The lowest BCUT2D eigenvalue weighted by atomic mass is 10.1. The highest BCUT2D eigenvalue weighted by atomic mass is 32.1. The number of carbonyl (C=O) groups is 1. The molecule has 0 aliphatic rings. The summed E-state index contributed by atoms with van der Waals surface area (Å²) in [5, 5.41) is 10.9. The van der Waals surface area contributed by atoms with Gasteiger partial charge in [-0.1, -0.05) is 6.07 Å². The summed E-state index contributed by atoms with van der Waals surface area (Å²) in [7, 11) is 1.82. The first-order valence-electron chi connectivity index (χ1n) is 6.27. The van der Waals surface area contributed by atoms with E-state index in [-0.39, 0.29) is 11.6 Å². The topological polar surface area (TPSA) is 40.5 Å². The number of carboxylic acid groups (broad SMARTS) is 1. The zero-order chi connectivity index (χ0) is 14.7. The smallest absolute Gasteiger partial charge is 0.335 e. The molecule has 0 fully saturated rings. The Bertz CT molecular complexity index is 598. The molecule has 1 aromatic heterocycles. The molecule has 1 atom stereocenters. The van der Waals surface area contributed by atoms with Gasteiger partial charge in [-0.2, -0.15) is 0 Å². The molecule has 1 unspecified atom stereocenters. The SMILES string of the molecule is CC(Cc1cccs1)N(C)c1ccc(C(=O)O)cc1F. The van der Waals surface area contributed by atoms with Gasteiger partial charge in [-0.25, -0.2) is 9.18 Å². The summed E-state index contributed by atoms with van der Waals surface area (Å²) in [6.07, 6.45) is 0.828. The first kappa shape index (κ1) is 14.5. The quantitative estimate of drug-likeness (QED) is 0.914. The highest BCUT2D eigenvalue weighted by molar-refractivity contribution is 7.09. The monoisotopic (exact) mass is 293 g/mol. The number of hydrogen-bond donors (Lipinski definition) is 1. The maximum atomic E-state index is 14.0. The predicted molar refractivity (Wildman–Crippen MR) is 79.2 cm³/mol. The van der Waals surface area contributed by atoms with E-state index in [9.17, 15) is 9.18 Å². The number of anilines is 1. The first-order chi connectivity index (χ1) is 9.49. The summed E-state index contributed by atoms with van der Waals surface area (Å²) in [5.74, 6) is -1.63. The van der Waals surface area contributed by atoms with Gasteiger partial charge >= 0.3 is 5.97 Å². The molecular formula is C15H16FNO2S. The Kier molecular flexibility index (Phi) is 4.39. The van der Waals surface area contributed by atoms with Crippen molar-refractivity contribution in [3.63, 3.8) is 0 Å². The first-order valence-corrected chi connectivity index (χ1v) is 7.15. The van der Waals surface area contributed by atoms with Crippen molar-refractivity contribution in [1.29, 1.82) is 0 Å². The summed E-state index contributed by atoms with van der Waals surface area (Å²) >= 11 is 1.68. The second-order valence-electron chi connectivity index (χ2n) is 4.71. The molecule has 0 saturated heterocycles. The Morgan fingerprint density at radius 1 is 1.45 bits per heavy atom. The van der Waals surface area contributed by atoms with Gasteiger partial charge < -0.3 is 10.0 Å². The van der Waals surface area contributed by atoms with Crippen molar-refractivity contribution < 1.29 is 14.3 Å². The molecule has 0 radical (unpaired) electrons. The van der Waals surface area contributed by atoms with Gasteiger partial charge in [0, 0.05) is 24.4 Å². The van der Waals surface area contributed by atoms with E-state index < -0.39 is 11.8 Å². The Labute approximate surface area is 121 Å². The van der Waals surface area contributed by atoms with E-state index in [1.165, 1.54) is 17.0 Å². The van der Waals surface area contributed by atoms with Crippen LogP contribution < -0.4 is 4.90 Å². The van der Waals surface area contributed by atoms with E-state index in [4.69, 9.17) is 5.11 Å². The van der Waals surface area contributed by atoms with Crippen molar-refractivity contribution in [2.75, 3.05) is 11.9 Å². The van der Waals surface area contributed by atoms with Crippen LogP contribution in [-0.2, 0) is 6.42 Å². The summed E-state index contributed by atoms with van der Waals surface area (Å²) in [4.78, 5) is 13.9. The molecule has 106 valence electrons.